The summed E-state index contributed by atoms with van der Waals surface area (Å²) in [5.41, 5.74) is 4.27. The summed E-state index contributed by atoms with van der Waals surface area (Å²) in [6, 6.07) is 19.2. The highest BCUT2D eigenvalue weighted by Gasteiger charge is 2.05. The van der Waals surface area contributed by atoms with Crippen LogP contribution < -0.4 is 16.0 Å². The second kappa shape index (κ2) is 7.93. The second-order valence-electron chi connectivity index (χ2n) is 6.64. The lowest BCUT2D eigenvalue weighted by molar-refractivity contribution is -0.114. The maximum atomic E-state index is 11.1. The van der Waals surface area contributed by atoms with Crippen molar-refractivity contribution in [2.24, 2.45) is 0 Å². The first-order chi connectivity index (χ1) is 14.0. The molecule has 0 unspecified atom stereocenters. The molecule has 0 atom stereocenters. The number of aromatic nitrogens is 3. The van der Waals surface area contributed by atoms with Crippen LogP contribution >= 0.6 is 0 Å². The molecule has 0 saturated carbocycles. The molecule has 2 aromatic heterocycles. The molecule has 29 heavy (non-hydrogen) atoms. The Balaban J connectivity index is 1.53. The van der Waals surface area contributed by atoms with Crippen molar-refractivity contribution in [3.63, 3.8) is 0 Å². The van der Waals surface area contributed by atoms with Gasteiger partial charge in [-0.3, -0.25) is 9.78 Å². The summed E-state index contributed by atoms with van der Waals surface area (Å²) in [6.45, 7) is 3.40. The minimum absolute atomic E-state index is 0.0997. The van der Waals surface area contributed by atoms with Crippen LogP contribution in [0.2, 0.25) is 0 Å². The Bertz CT molecular complexity index is 1170. The molecule has 0 saturated heterocycles. The van der Waals surface area contributed by atoms with Crippen LogP contribution in [0.3, 0.4) is 0 Å². The van der Waals surface area contributed by atoms with Gasteiger partial charge < -0.3 is 16.0 Å². The number of pyridine rings is 1. The highest BCUT2D eigenvalue weighted by Crippen LogP contribution is 2.22. The van der Waals surface area contributed by atoms with Crippen molar-refractivity contribution in [1.29, 1.82) is 0 Å². The fourth-order valence-electron chi connectivity index (χ4n) is 2.96. The Hall–Kier alpha value is -4.00. The first-order valence-electron chi connectivity index (χ1n) is 9.17. The van der Waals surface area contributed by atoms with Crippen molar-refractivity contribution in [3.8, 4) is 0 Å². The number of carbonyl (C=O) groups excluding carboxylic acids is 1. The van der Waals surface area contributed by atoms with E-state index >= 15 is 0 Å². The molecule has 0 aliphatic heterocycles. The van der Waals surface area contributed by atoms with Gasteiger partial charge in [0.2, 0.25) is 11.9 Å². The summed E-state index contributed by atoms with van der Waals surface area (Å²) in [5, 5.41) is 10.3. The summed E-state index contributed by atoms with van der Waals surface area (Å²) in [4.78, 5) is 24.5. The van der Waals surface area contributed by atoms with Crippen molar-refractivity contribution >= 4 is 45.6 Å². The molecule has 4 aromatic rings. The summed E-state index contributed by atoms with van der Waals surface area (Å²) < 4.78 is 0. The van der Waals surface area contributed by atoms with E-state index in [-0.39, 0.29) is 5.91 Å². The minimum Gasteiger partial charge on any atom is -0.340 e. The van der Waals surface area contributed by atoms with Gasteiger partial charge in [0, 0.05) is 47.3 Å². The lowest BCUT2D eigenvalue weighted by atomic mass is 10.2. The third kappa shape index (κ3) is 4.65. The van der Waals surface area contributed by atoms with Gasteiger partial charge in [-0.2, -0.15) is 4.98 Å². The fourth-order valence-corrected chi connectivity index (χ4v) is 2.96. The average Bonchev–Trinajstić information content (AvgIpc) is 2.68. The number of benzene rings is 2. The van der Waals surface area contributed by atoms with Crippen molar-refractivity contribution in [2.45, 2.75) is 13.8 Å². The molecule has 4 rings (SSSR count). The molecule has 2 aromatic carbocycles. The average molecular weight is 384 g/mol. The van der Waals surface area contributed by atoms with E-state index in [0.717, 1.165) is 33.7 Å². The minimum atomic E-state index is -0.0997. The number of rotatable bonds is 5. The van der Waals surface area contributed by atoms with Gasteiger partial charge in [-0.15, -0.1) is 0 Å². The topological polar surface area (TPSA) is 91.8 Å². The van der Waals surface area contributed by atoms with Crippen LogP contribution in [0.25, 0.3) is 10.9 Å². The number of anilines is 5. The van der Waals surface area contributed by atoms with E-state index in [2.05, 4.69) is 30.9 Å². The van der Waals surface area contributed by atoms with Gasteiger partial charge in [-0.1, -0.05) is 6.07 Å². The van der Waals surface area contributed by atoms with E-state index in [0.29, 0.717) is 11.8 Å². The van der Waals surface area contributed by atoms with Crippen LogP contribution in [0, 0.1) is 6.92 Å². The second-order valence-corrected chi connectivity index (χ2v) is 6.64. The summed E-state index contributed by atoms with van der Waals surface area (Å²) in [7, 11) is 0. The van der Waals surface area contributed by atoms with Gasteiger partial charge in [-0.25, -0.2) is 4.98 Å². The molecule has 0 aliphatic carbocycles. The first-order valence-corrected chi connectivity index (χ1v) is 9.17. The highest BCUT2D eigenvalue weighted by atomic mass is 16.1. The van der Waals surface area contributed by atoms with Gasteiger partial charge >= 0.3 is 0 Å². The standard InChI is InChI=1S/C22H20N6O/c1-14-12-21(26-18-7-5-17(6-8-18)25-15(2)29)28-22(24-14)27-19-9-10-20-16(13-19)4-3-11-23-20/h3-13H,1-2H3,(H,25,29)(H2,24,26,27,28). The van der Waals surface area contributed by atoms with Gasteiger partial charge in [0.1, 0.15) is 5.82 Å². The number of fused-ring (bicyclic) bond motifs is 1. The molecule has 1 amide bonds. The molecule has 0 fully saturated rings. The first kappa shape index (κ1) is 18.4. The predicted octanol–water partition coefficient (Wildman–Crippen LogP) is 4.78. The van der Waals surface area contributed by atoms with Gasteiger partial charge in [0.15, 0.2) is 0 Å². The third-order valence-electron chi connectivity index (χ3n) is 4.19. The summed E-state index contributed by atoms with van der Waals surface area (Å²) in [6.07, 6.45) is 1.78. The predicted molar refractivity (Wildman–Crippen MR) is 116 cm³/mol. The van der Waals surface area contributed by atoms with E-state index in [1.807, 2.05) is 67.6 Å². The van der Waals surface area contributed by atoms with Crippen LogP contribution in [-0.4, -0.2) is 20.9 Å². The monoisotopic (exact) mass is 384 g/mol. The zero-order chi connectivity index (χ0) is 20.2. The summed E-state index contributed by atoms with van der Waals surface area (Å²) in [5.74, 6) is 1.08. The Morgan fingerprint density at radius 3 is 2.41 bits per heavy atom. The van der Waals surface area contributed by atoms with Crippen LogP contribution in [-0.2, 0) is 4.79 Å². The van der Waals surface area contributed by atoms with E-state index in [9.17, 15) is 4.79 Å². The molecule has 7 nitrogen and oxygen atoms in total. The molecule has 2 heterocycles. The Morgan fingerprint density at radius 2 is 1.62 bits per heavy atom. The van der Waals surface area contributed by atoms with Crippen molar-refractivity contribution in [2.75, 3.05) is 16.0 Å². The SMILES string of the molecule is CC(=O)Nc1ccc(Nc2cc(C)nc(Nc3ccc4ncccc4c3)n2)cc1. The highest BCUT2D eigenvalue weighted by molar-refractivity contribution is 5.89. The van der Waals surface area contributed by atoms with Gasteiger partial charge in [-0.05, 0) is 55.5 Å². The van der Waals surface area contributed by atoms with Crippen LogP contribution in [0.1, 0.15) is 12.6 Å². The number of hydrogen-bond acceptors (Lipinski definition) is 6. The van der Waals surface area contributed by atoms with Crippen LogP contribution in [0.4, 0.5) is 28.8 Å². The Labute approximate surface area is 168 Å². The number of nitrogens with one attached hydrogen (secondary N) is 3. The molecule has 0 aliphatic rings. The molecule has 7 heteroatoms. The van der Waals surface area contributed by atoms with E-state index < -0.39 is 0 Å². The number of nitrogens with zero attached hydrogens (tertiary/aromatic N) is 3. The van der Waals surface area contributed by atoms with Crippen molar-refractivity contribution in [1.82, 2.24) is 15.0 Å². The Morgan fingerprint density at radius 1 is 0.862 bits per heavy atom. The van der Waals surface area contributed by atoms with Crippen LogP contribution in [0.5, 0.6) is 0 Å². The lowest BCUT2D eigenvalue weighted by Crippen LogP contribution is -2.05. The Kier molecular flexibility index (Phi) is 5.03. The zero-order valence-electron chi connectivity index (χ0n) is 16.1. The maximum absolute atomic E-state index is 11.1. The largest absolute Gasteiger partial charge is 0.340 e. The molecule has 3 N–H and O–H groups in total. The fraction of sp³-hybridized carbons (Fsp3) is 0.0909. The number of carbonyl (C=O) groups is 1. The molecular weight excluding hydrogens is 364 g/mol. The third-order valence-corrected chi connectivity index (χ3v) is 4.19. The molecule has 144 valence electrons. The lowest BCUT2D eigenvalue weighted by Gasteiger charge is -2.11. The number of amides is 1. The maximum Gasteiger partial charge on any atom is 0.229 e. The van der Waals surface area contributed by atoms with Gasteiger partial charge in [0.05, 0.1) is 5.52 Å². The number of aryl methyl sites for hydroxylation is 1. The molecule has 0 spiro atoms. The smallest absolute Gasteiger partial charge is 0.229 e. The number of hydrogen-bond donors (Lipinski definition) is 3. The van der Waals surface area contributed by atoms with Gasteiger partial charge in [0.25, 0.3) is 0 Å². The quantitative estimate of drug-likeness (QED) is 0.459. The van der Waals surface area contributed by atoms with E-state index in [1.54, 1.807) is 6.20 Å². The van der Waals surface area contributed by atoms with E-state index in [4.69, 9.17) is 0 Å². The van der Waals surface area contributed by atoms with E-state index in [1.165, 1.54) is 6.92 Å². The zero-order valence-corrected chi connectivity index (χ0v) is 16.1. The summed E-state index contributed by atoms with van der Waals surface area (Å²) >= 11 is 0. The van der Waals surface area contributed by atoms with Crippen molar-refractivity contribution in [3.05, 3.63) is 72.6 Å². The normalized spacial score (nSPS) is 10.6. The molecule has 0 bridgehead atoms. The van der Waals surface area contributed by atoms with Crippen molar-refractivity contribution < 1.29 is 4.79 Å². The molecule has 0 radical (unpaired) electrons. The molecular formula is C22H20N6O. The van der Waals surface area contributed by atoms with Crippen LogP contribution in [0.15, 0.2) is 66.9 Å².